The second kappa shape index (κ2) is 4.23. The maximum Gasteiger partial charge on any atom is 0.326 e. The highest BCUT2D eigenvalue weighted by Gasteiger charge is 2.60. The summed E-state index contributed by atoms with van der Waals surface area (Å²) in [5.41, 5.74) is 0.106. The molecule has 0 aromatic carbocycles. The fourth-order valence-corrected chi connectivity index (χ4v) is 6.54. The third kappa shape index (κ3) is 1.94. The van der Waals surface area contributed by atoms with Gasteiger partial charge in [-0.1, -0.05) is 6.92 Å². The number of hydrogen-bond acceptors (Lipinski definition) is 2. The van der Waals surface area contributed by atoms with Crippen LogP contribution in [0.15, 0.2) is 0 Å². The minimum absolute atomic E-state index is 0.174. The molecule has 1 N–H and O–H groups in total. The van der Waals surface area contributed by atoms with Gasteiger partial charge in [0.1, 0.15) is 6.04 Å². The predicted octanol–water partition coefficient (Wildman–Crippen LogP) is 2.67. The average Bonchev–Trinajstić information content (AvgIpc) is 2.83. The molecule has 4 aliphatic carbocycles. The van der Waals surface area contributed by atoms with Gasteiger partial charge in [0.2, 0.25) is 5.91 Å². The van der Waals surface area contributed by atoms with Gasteiger partial charge in [-0.05, 0) is 68.6 Å². The van der Waals surface area contributed by atoms with Gasteiger partial charge in [-0.15, -0.1) is 0 Å². The van der Waals surface area contributed by atoms with E-state index in [0.717, 1.165) is 25.7 Å². The lowest BCUT2D eigenvalue weighted by Gasteiger charge is -2.61. The molecule has 5 fully saturated rings. The van der Waals surface area contributed by atoms with E-state index < -0.39 is 12.0 Å². The molecule has 4 bridgehead atoms. The first-order valence-corrected chi connectivity index (χ1v) is 8.45. The number of carboxylic acid groups (broad SMARTS) is 1. The minimum atomic E-state index is -0.822. The molecule has 0 aromatic rings. The first kappa shape index (κ1) is 13.6. The van der Waals surface area contributed by atoms with Crippen LogP contribution in [0.2, 0.25) is 0 Å². The van der Waals surface area contributed by atoms with Gasteiger partial charge in [-0.3, -0.25) is 4.79 Å². The van der Waals surface area contributed by atoms with Crippen molar-refractivity contribution in [2.75, 3.05) is 6.54 Å². The Bertz CT molecular complexity index is 486. The van der Waals surface area contributed by atoms with Crippen LogP contribution < -0.4 is 0 Å². The van der Waals surface area contributed by atoms with Crippen LogP contribution in [-0.2, 0) is 9.59 Å². The molecule has 0 radical (unpaired) electrons. The molecule has 21 heavy (non-hydrogen) atoms. The number of amides is 1. The molecule has 1 amide bonds. The molecule has 1 aliphatic heterocycles. The standard InChI is InChI=1S/C17H25NO3/c1-16-6-11-5-12(7-16)9-17(8-11,10-16)15(21)18-4-2-3-13(18)14(19)20/h11-13H,2-10H2,1H3,(H,19,20). The molecule has 3 atom stereocenters. The van der Waals surface area contributed by atoms with Crippen molar-refractivity contribution in [1.82, 2.24) is 4.90 Å². The quantitative estimate of drug-likeness (QED) is 0.851. The molecule has 116 valence electrons. The summed E-state index contributed by atoms with van der Waals surface area (Å²) >= 11 is 0. The second-order valence-corrected chi connectivity index (χ2v) is 8.55. The number of likely N-dealkylation sites (tertiary alicyclic amines) is 1. The Hall–Kier alpha value is -1.06. The number of carboxylic acids is 1. The van der Waals surface area contributed by atoms with Crippen molar-refractivity contribution in [3.63, 3.8) is 0 Å². The number of rotatable bonds is 2. The van der Waals surface area contributed by atoms with Gasteiger partial charge < -0.3 is 10.0 Å². The Labute approximate surface area is 125 Å². The van der Waals surface area contributed by atoms with Crippen molar-refractivity contribution in [1.29, 1.82) is 0 Å². The van der Waals surface area contributed by atoms with Crippen molar-refractivity contribution < 1.29 is 14.7 Å². The lowest BCUT2D eigenvalue weighted by molar-refractivity contribution is -0.170. The van der Waals surface area contributed by atoms with Crippen LogP contribution in [0, 0.1) is 22.7 Å². The van der Waals surface area contributed by atoms with E-state index in [0.29, 0.717) is 30.2 Å². The minimum Gasteiger partial charge on any atom is -0.480 e. The van der Waals surface area contributed by atoms with Gasteiger partial charge >= 0.3 is 5.97 Å². The molecule has 5 rings (SSSR count). The maximum absolute atomic E-state index is 13.2. The number of carbonyl (C=O) groups excluding carboxylic acids is 1. The van der Waals surface area contributed by atoms with Crippen LogP contribution in [0.3, 0.4) is 0 Å². The summed E-state index contributed by atoms with van der Waals surface area (Å²) in [5.74, 6) is 0.752. The Morgan fingerprint density at radius 3 is 2.38 bits per heavy atom. The van der Waals surface area contributed by atoms with Crippen molar-refractivity contribution in [3.05, 3.63) is 0 Å². The Morgan fingerprint density at radius 2 is 1.81 bits per heavy atom. The summed E-state index contributed by atoms with van der Waals surface area (Å²) in [6.07, 6.45) is 8.34. The summed E-state index contributed by atoms with van der Waals surface area (Å²) < 4.78 is 0. The zero-order chi connectivity index (χ0) is 14.8. The molecule has 1 saturated heterocycles. The highest BCUT2D eigenvalue weighted by Crippen LogP contribution is 2.65. The molecule has 5 aliphatic rings. The summed E-state index contributed by atoms with van der Waals surface area (Å²) in [6, 6.07) is -0.571. The summed E-state index contributed by atoms with van der Waals surface area (Å²) in [4.78, 5) is 26.3. The van der Waals surface area contributed by atoms with Gasteiger partial charge in [0, 0.05) is 6.54 Å². The van der Waals surface area contributed by atoms with Gasteiger partial charge in [0.25, 0.3) is 0 Å². The second-order valence-electron chi connectivity index (χ2n) is 8.55. The molecule has 4 nitrogen and oxygen atoms in total. The normalized spacial score (nSPS) is 47.9. The van der Waals surface area contributed by atoms with Crippen LogP contribution in [0.1, 0.15) is 58.3 Å². The van der Waals surface area contributed by atoms with E-state index in [1.165, 1.54) is 19.3 Å². The number of aliphatic carboxylic acids is 1. The van der Waals surface area contributed by atoms with Crippen molar-refractivity contribution in [2.45, 2.75) is 64.3 Å². The van der Waals surface area contributed by atoms with E-state index in [-0.39, 0.29) is 11.3 Å². The third-order valence-electron chi connectivity index (χ3n) is 6.61. The number of nitrogens with zero attached hydrogens (tertiary/aromatic N) is 1. The van der Waals surface area contributed by atoms with E-state index in [2.05, 4.69) is 6.92 Å². The van der Waals surface area contributed by atoms with Crippen molar-refractivity contribution in [3.8, 4) is 0 Å². The lowest BCUT2D eigenvalue weighted by Crippen LogP contribution is -2.58. The summed E-state index contributed by atoms with van der Waals surface area (Å²) in [5, 5.41) is 9.37. The monoisotopic (exact) mass is 291 g/mol. The SMILES string of the molecule is CC12CC3CC(C1)CC(C(=O)N1CCCC1C(=O)O)(C3)C2. The zero-order valence-corrected chi connectivity index (χ0v) is 12.8. The molecule has 3 unspecified atom stereocenters. The van der Waals surface area contributed by atoms with Gasteiger partial charge in [0.15, 0.2) is 0 Å². The Morgan fingerprint density at radius 1 is 1.14 bits per heavy atom. The topological polar surface area (TPSA) is 57.6 Å². The zero-order valence-electron chi connectivity index (χ0n) is 12.8. The highest BCUT2D eigenvalue weighted by atomic mass is 16.4. The van der Waals surface area contributed by atoms with Crippen LogP contribution in [0.4, 0.5) is 0 Å². The number of carbonyl (C=O) groups is 2. The summed E-state index contributed by atoms with van der Waals surface area (Å²) in [6.45, 7) is 2.99. The van der Waals surface area contributed by atoms with E-state index in [4.69, 9.17) is 0 Å². The molecular weight excluding hydrogens is 266 g/mol. The van der Waals surface area contributed by atoms with E-state index in [1.807, 2.05) is 0 Å². The third-order valence-corrected chi connectivity index (χ3v) is 6.61. The fraction of sp³-hybridized carbons (Fsp3) is 0.882. The van der Waals surface area contributed by atoms with Crippen LogP contribution in [-0.4, -0.2) is 34.5 Å². The molecule has 1 heterocycles. The van der Waals surface area contributed by atoms with Crippen LogP contribution in [0.5, 0.6) is 0 Å². The maximum atomic E-state index is 13.2. The highest BCUT2D eigenvalue weighted by molar-refractivity contribution is 5.88. The smallest absolute Gasteiger partial charge is 0.326 e. The Balaban J connectivity index is 1.63. The molecule has 0 aromatic heterocycles. The lowest BCUT2D eigenvalue weighted by atomic mass is 9.44. The number of hydrogen-bond donors (Lipinski definition) is 1. The van der Waals surface area contributed by atoms with E-state index >= 15 is 0 Å². The summed E-state index contributed by atoms with van der Waals surface area (Å²) in [7, 11) is 0. The fourth-order valence-electron chi connectivity index (χ4n) is 6.54. The first-order valence-electron chi connectivity index (χ1n) is 8.45. The Kier molecular flexibility index (Phi) is 2.74. The largest absolute Gasteiger partial charge is 0.480 e. The molecular formula is C17H25NO3. The predicted molar refractivity (Wildman–Crippen MR) is 77.6 cm³/mol. The average molecular weight is 291 g/mol. The van der Waals surface area contributed by atoms with E-state index in [9.17, 15) is 14.7 Å². The molecule has 0 spiro atoms. The molecule has 4 saturated carbocycles. The molecule has 4 heteroatoms. The van der Waals surface area contributed by atoms with Crippen LogP contribution >= 0.6 is 0 Å². The van der Waals surface area contributed by atoms with Crippen LogP contribution in [0.25, 0.3) is 0 Å². The first-order chi connectivity index (χ1) is 9.91. The van der Waals surface area contributed by atoms with Crippen molar-refractivity contribution >= 4 is 11.9 Å². The van der Waals surface area contributed by atoms with Crippen molar-refractivity contribution in [2.24, 2.45) is 22.7 Å². The van der Waals surface area contributed by atoms with E-state index in [1.54, 1.807) is 4.90 Å². The van der Waals surface area contributed by atoms with Gasteiger partial charge in [-0.25, -0.2) is 4.79 Å². The van der Waals surface area contributed by atoms with Gasteiger partial charge in [-0.2, -0.15) is 0 Å². The van der Waals surface area contributed by atoms with Gasteiger partial charge in [0.05, 0.1) is 5.41 Å².